The third-order valence-corrected chi connectivity index (χ3v) is 9.23. The van der Waals surface area contributed by atoms with Crippen molar-refractivity contribution in [3.63, 3.8) is 0 Å². The molecule has 0 bridgehead atoms. The number of nitrogens with one attached hydrogen (secondary N) is 2. The monoisotopic (exact) mass is 524 g/mol. The van der Waals surface area contributed by atoms with E-state index < -0.39 is 9.84 Å². The molecule has 2 saturated heterocycles. The lowest BCUT2D eigenvalue weighted by Gasteiger charge is -2.35. The molecule has 4 heterocycles. The van der Waals surface area contributed by atoms with Gasteiger partial charge in [0.1, 0.15) is 5.75 Å². The van der Waals surface area contributed by atoms with Crippen LogP contribution in [0.25, 0.3) is 22.1 Å². The van der Waals surface area contributed by atoms with Crippen LogP contribution in [0.1, 0.15) is 38.5 Å². The first-order chi connectivity index (χ1) is 16.5. The largest absolute Gasteiger partial charge is 0.494 e. The average molecular weight is 525 g/mol. The van der Waals surface area contributed by atoms with Crippen molar-refractivity contribution in [1.29, 1.82) is 0 Å². The number of H-pyrrole nitrogens is 2. The number of halogens is 1. The van der Waals surface area contributed by atoms with Crippen LogP contribution >= 0.6 is 12.4 Å². The zero-order valence-corrected chi connectivity index (χ0v) is 21.3. The number of piperidine rings is 1. The Balaban J connectivity index is 0.00000289. The molecule has 11 heteroatoms. The van der Waals surface area contributed by atoms with Crippen LogP contribution in [0.15, 0.2) is 29.1 Å². The summed E-state index contributed by atoms with van der Waals surface area (Å²) in [6.07, 6.45) is 5.65. The Bertz CT molecular complexity index is 1290. The summed E-state index contributed by atoms with van der Waals surface area (Å²) in [4.78, 5) is 23.6. The number of rotatable bonds is 8. The lowest BCUT2D eigenvalue weighted by atomic mass is 10.1. The quantitative estimate of drug-likeness (QED) is 0.435. The first kappa shape index (κ1) is 25.9. The number of hydrogen-bond acceptors (Lipinski definition) is 7. The lowest BCUT2D eigenvalue weighted by Crippen LogP contribution is -2.44. The molecule has 2 aliphatic rings. The molecule has 5 rings (SSSR count). The molecular formula is C24H33ClN4O5S. The number of likely N-dealkylation sites (tertiary alicyclic amines) is 1. The fourth-order valence-corrected chi connectivity index (χ4v) is 6.79. The smallest absolute Gasteiger partial charge is 0.325 e. The van der Waals surface area contributed by atoms with E-state index in [0.717, 1.165) is 50.0 Å². The van der Waals surface area contributed by atoms with E-state index in [-0.39, 0.29) is 29.1 Å². The number of aromatic amines is 2. The van der Waals surface area contributed by atoms with Crippen LogP contribution < -0.4 is 10.4 Å². The standard InChI is InChI=1S/C24H32N4O5S.ClH/c29-24-26-22-15-17-14-18(5-6-21(17)25-23(22)27-24)32-12-3-13-34(30,31)20-7-9-28(10-8-20)16-19-4-1-2-11-33-19;/h5-6,14-15,19-20H,1-4,7-13,16H2,(H2,25,26,27,29);1H. The molecular weight excluding hydrogens is 492 g/mol. The molecule has 2 aromatic heterocycles. The zero-order valence-electron chi connectivity index (χ0n) is 19.7. The van der Waals surface area contributed by atoms with Crippen molar-refractivity contribution in [2.24, 2.45) is 0 Å². The van der Waals surface area contributed by atoms with Crippen LogP contribution in [-0.4, -0.2) is 78.2 Å². The average Bonchev–Trinajstić information content (AvgIpc) is 3.20. The van der Waals surface area contributed by atoms with Crippen LogP contribution in [-0.2, 0) is 14.6 Å². The van der Waals surface area contributed by atoms with Gasteiger partial charge in [-0.25, -0.2) is 18.2 Å². The Kier molecular flexibility index (Phi) is 8.36. The van der Waals surface area contributed by atoms with E-state index in [1.165, 1.54) is 6.42 Å². The number of pyridine rings is 1. The highest BCUT2D eigenvalue weighted by atomic mass is 35.5. The number of sulfone groups is 1. The minimum Gasteiger partial charge on any atom is -0.494 e. The Morgan fingerprint density at radius 2 is 1.94 bits per heavy atom. The second-order valence-electron chi connectivity index (χ2n) is 9.38. The molecule has 192 valence electrons. The number of nitrogens with zero attached hydrogens (tertiary/aromatic N) is 2. The summed E-state index contributed by atoms with van der Waals surface area (Å²) in [6, 6.07) is 7.34. The van der Waals surface area contributed by atoms with Crippen molar-refractivity contribution in [3.05, 3.63) is 34.7 Å². The third-order valence-electron chi connectivity index (χ3n) is 6.89. The van der Waals surface area contributed by atoms with Gasteiger partial charge in [0.2, 0.25) is 0 Å². The van der Waals surface area contributed by atoms with Crippen molar-refractivity contribution >= 4 is 44.3 Å². The van der Waals surface area contributed by atoms with Crippen molar-refractivity contribution in [2.45, 2.75) is 49.9 Å². The minimum atomic E-state index is -3.14. The van der Waals surface area contributed by atoms with Gasteiger partial charge in [-0.3, -0.25) is 4.98 Å². The fraction of sp³-hybridized carbons (Fsp3) is 0.583. The molecule has 0 spiro atoms. The maximum Gasteiger partial charge on any atom is 0.325 e. The third kappa shape index (κ3) is 6.35. The molecule has 0 aliphatic carbocycles. The van der Waals surface area contributed by atoms with Crippen molar-refractivity contribution in [3.8, 4) is 5.75 Å². The minimum absolute atomic E-state index is 0. The van der Waals surface area contributed by atoms with Gasteiger partial charge in [0.05, 0.1) is 34.7 Å². The van der Waals surface area contributed by atoms with Gasteiger partial charge >= 0.3 is 5.69 Å². The Morgan fingerprint density at radius 1 is 1.11 bits per heavy atom. The van der Waals surface area contributed by atoms with Gasteiger partial charge in [-0.1, -0.05) is 0 Å². The second-order valence-corrected chi connectivity index (χ2v) is 11.8. The predicted molar refractivity (Wildman–Crippen MR) is 138 cm³/mol. The van der Waals surface area contributed by atoms with Gasteiger partial charge in [0.25, 0.3) is 0 Å². The van der Waals surface area contributed by atoms with E-state index in [1.54, 1.807) is 0 Å². The molecule has 9 nitrogen and oxygen atoms in total. The highest BCUT2D eigenvalue weighted by Crippen LogP contribution is 2.24. The van der Waals surface area contributed by atoms with Gasteiger partial charge < -0.3 is 19.4 Å². The highest BCUT2D eigenvalue weighted by Gasteiger charge is 2.30. The van der Waals surface area contributed by atoms with Crippen LogP contribution in [0.2, 0.25) is 0 Å². The van der Waals surface area contributed by atoms with Crippen LogP contribution in [0, 0.1) is 0 Å². The predicted octanol–water partition coefficient (Wildman–Crippen LogP) is 3.04. The summed E-state index contributed by atoms with van der Waals surface area (Å²) in [5, 5.41) is 0.590. The highest BCUT2D eigenvalue weighted by molar-refractivity contribution is 7.92. The molecule has 2 aliphatic heterocycles. The number of fused-ring (bicyclic) bond motifs is 2. The zero-order chi connectivity index (χ0) is 23.5. The lowest BCUT2D eigenvalue weighted by molar-refractivity contribution is -0.00840. The summed E-state index contributed by atoms with van der Waals surface area (Å²) < 4.78 is 37.4. The van der Waals surface area contributed by atoms with Gasteiger partial charge in [-0.15, -0.1) is 12.4 Å². The van der Waals surface area contributed by atoms with Crippen molar-refractivity contribution in [2.75, 3.05) is 38.6 Å². The SMILES string of the molecule is Cl.O=c1[nH]c2cc3cc(OCCCS(=O)(=O)C4CCN(CC5CCCCO5)CC4)ccc3nc2[nH]1. The summed E-state index contributed by atoms with van der Waals surface area (Å²) in [7, 11) is -3.14. The second kappa shape index (κ2) is 11.3. The van der Waals surface area contributed by atoms with Crippen LogP contribution in [0.4, 0.5) is 0 Å². The molecule has 1 unspecified atom stereocenters. The van der Waals surface area contributed by atoms with Crippen molar-refractivity contribution < 1.29 is 17.9 Å². The number of ether oxygens (including phenoxy) is 2. The van der Waals surface area contributed by atoms with Gasteiger partial charge in [0, 0.05) is 18.5 Å². The van der Waals surface area contributed by atoms with E-state index in [0.29, 0.717) is 48.9 Å². The van der Waals surface area contributed by atoms with Crippen molar-refractivity contribution in [1.82, 2.24) is 19.9 Å². The molecule has 3 aromatic rings. The first-order valence-electron chi connectivity index (χ1n) is 12.2. The normalized spacial score (nSPS) is 20.2. The molecule has 35 heavy (non-hydrogen) atoms. The number of benzene rings is 1. The van der Waals surface area contributed by atoms with E-state index in [9.17, 15) is 13.2 Å². The molecule has 1 aromatic carbocycles. The van der Waals surface area contributed by atoms with E-state index in [2.05, 4.69) is 19.9 Å². The molecule has 0 amide bonds. The summed E-state index contributed by atoms with van der Waals surface area (Å²) >= 11 is 0. The van der Waals surface area contributed by atoms with E-state index >= 15 is 0 Å². The number of aromatic nitrogens is 3. The molecule has 0 radical (unpaired) electrons. The Labute approximate surface area is 210 Å². The van der Waals surface area contributed by atoms with Gasteiger partial charge in [-0.2, -0.15) is 0 Å². The van der Waals surface area contributed by atoms with Crippen LogP contribution in [0.5, 0.6) is 5.75 Å². The fourth-order valence-electron chi connectivity index (χ4n) is 5.00. The summed E-state index contributed by atoms with van der Waals surface area (Å²) in [6.45, 7) is 3.76. The van der Waals surface area contributed by atoms with E-state index in [1.807, 2.05) is 24.3 Å². The Morgan fingerprint density at radius 3 is 2.71 bits per heavy atom. The maximum absolute atomic E-state index is 12.9. The summed E-state index contributed by atoms with van der Waals surface area (Å²) in [5.41, 5.74) is 1.61. The summed E-state index contributed by atoms with van der Waals surface area (Å²) in [5.74, 6) is 0.797. The van der Waals surface area contributed by atoms with E-state index in [4.69, 9.17) is 9.47 Å². The Hall–Kier alpha value is -2.14. The van der Waals surface area contributed by atoms with Gasteiger partial charge in [-0.05, 0) is 75.9 Å². The molecule has 2 N–H and O–H groups in total. The number of imidazole rings is 1. The first-order valence-corrected chi connectivity index (χ1v) is 13.9. The molecule has 0 saturated carbocycles. The topological polar surface area (TPSA) is 117 Å². The number of hydrogen-bond donors (Lipinski definition) is 2. The van der Waals surface area contributed by atoms with Crippen LogP contribution in [0.3, 0.4) is 0 Å². The molecule has 2 fully saturated rings. The van der Waals surface area contributed by atoms with Gasteiger partial charge in [0.15, 0.2) is 15.5 Å². The maximum atomic E-state index is 12.9. The molecule has 1 atom stereocenters.